The molecule has 0 spiro atoms. The number of carbonyl (C=O) groups is 1. The zero-order valence-corrected chi connectivity index (χ0v) is 16.8. The third-order valence-electron chi connectivity index (χ3n) is 5.54. The van der Waals surface area contributed by atoms with E-state index in [0.29, 0.717) is 29.2 Å². The van der Waals surface area contributed by atoms with Gasteiger partial charge in [0, 0.05) is 35.5 Å². The zero-order chi connectivity index (χ0) is 20.4. The predicted molar refractivity (Wildman–Crippen MR) is 113 cm³/mol. The van der Waals surface area contributed by atoms with E-state index in [9.17, 15) is 9.18 Å². The van der Waals surface area contributed by atoms with Gasteiger partial charge in [-0.25, -0.2) is 4.39 Å². The standard InChI is InChI=1S/C23H26FN3O2/c1-3-27(2)11-10-25-9-8-15-4-6-18-16(12-15)14-29-22(18)21-19-13-17(24)5-7-20(19)26-23(21)28/h4-7,12-13,25H,3,8-11,14H2,1-2H3,(H,26,28)/b22-21+. The van der Waals surface area contributed by atoms with Crippen molar-refractivity contribution in [3.63, 3.8) is 0 Å². The van der Waals surface area contributed by atoms with Gasteiger partial charge >= 0.3 is 0 Å². The maximum atomic E-state index is 13.7. The van der Waals surface area contributed by atoms with Gasteiger partial charge in [-0.2, -0.15) is 0 Å². The summed E-state index contributed by atoms with van der Waals surface area (Å²) in [6.07, 6.45) is 0.934. The molecule has 0 saturated carbocycles. The molecule has 2 N–H and O–H groups in total. The van der Waals surface area contributed by atoms with Crippen molar-refractivity contribution in [2.75, 3.05) is 38.5 Å². The first kappa shape index (κ1) is 19.6. The molecule has 2 aliphatic rings. The summed E-state index contributed by atoms with van der Waals surface area (Å²) in [6.45, 7) is 6.56. The van der Waals surface area contributed by atoms with E-state index < -0.39 is 0 Å². The normalized spacial score (nSPS) is 17.3. The number of rotatable bonds is 7. The highest BCUT2D eigenvalue weighted by Crippen LogP contribution is 2.41. The van der Waals surface area contributed by atoms with Crippen LogP contribution in [0.15, 0.2) is 36.4 Å². The van der Waals surface area contributed by atoms with Crippen LogP contribution in [0.2, 0.25) is 0 Å². The lowest BCUT2D eigenvalue weighted by atomic mass is 9.98. The summed E-state index contributed by atoms with van der Waals surface area (Å²) in [6, 6.07) is 10.5. The SMILES string of the molecule is CCN(C)CCNCCc1ccc2c(c1)CO/C2=C1/C(=O)Nc2ccc(F)cc21. The molecule has 1 amide bonds. The number of nitrogens with one attached hydrogen (secondary N) is 2. The van der Waals surface area contributed by atoms with Crippen LogP contribution < -0.4 is 10.6 Å². The first-order valence-corrected chi connectivity index (χ1v) is 10.1. The number of hydrogen-bond acceptors (Lipinski definition) is 4. The Labute approximate surface area is 170 Å². The summed E-state index contributed by atoms with van der Waals surface area (Å²) in [5, 5.41) is 6.26. The van der Waals surface area contributed by atoms with Crippen LogP contribution in [0, 0.1) is 5.82 Å². The molecular weight excluding hydrogens is 369 g/mol. The second-order valence-electron chi connectivity index (χ2n) is 7.52. The van der Waals surface area contributed by atoms with E-state index in [2.05, 4.69) is 41.6 Å². The van der Waals surface area contributed by atoms with Gasteiger partial charge in [0.2, 0.25) is 0 Å². The molecule has 0 radical (unpaired) electrons. The maximum Gasteiger partial charge on any atom is 0.260 e. The molecule has 4 rings (SSSR count). The van der Waals surface area contributed by atoms with Crippen LogP contribution in [-0.4, -0.2) is 44.0 Å². The van der Waals surface area contributed by atoms with E-state index in [1.165, 1.54) is 17.7 Å². The summed E-state index contributed by atoms with van der Waals surface area (Å²) < 4.78 is 19.6. The van der Waals surface area contributed by atoms with E-state index in [1.807, 2.05) is 6.07 Å². The quantitative estimate of drug-likeness (QED) is 0.558. The molecule has 0 fully saturated rings. The van der Waals surface area contributed by atoms with Crippen molar-refractivity contribution in [2.45, 2.75) is 20.0 Å². The van der Waals surface area contributed by atoms with E-state index in [-0.39, 0.29) is 11.7 Å². The highest BCUT2D eigenvalue weighted by Gasteiger charge is 2.32. The van der Waals surface area contributed by atoms with Crippen LogP contribution in [0.5, 0.6) is 0 Å². The molecule has 29 heavy (non-hydrogen) atoms. The lowest BCUT2D eigenvalue weighted by molar-refractivity contribution is -0.110. The second kappa shape index (κ2) is 8.35. The fourth-order valence-corrected chi connectivity index (χ4v) is 3.73. The monoisotopic (exact) mass is 395 g/mol. The Bertz CT molecular complexity index is 971. The van der Waals surface area contributed by atoms with Crippen molar-refractivity contribution in [3.8, 4) is 0 Å². The van der Waals surface area contributed by atoms with E-state index >= 15 is 0 Å². The number of amides is 1. The van der Waals surface area contributed by atoms with Gasteiger partial charge in [0.1, 0.15) is 18.2 Å². The average molecular weight is 395 g/mol. The molecule has 6 heteroatoms. The lowest BCUT2D eigenvalue weighted by Gasteiger charge is -2.14. The Kier molecular flexibility index (Phi) is 5.65. The smallest absolute Gasteiger partial charge is 0.260 e. The number of benzene rings is 2. The number of anilines is 1. The fraction of sp³-hybridized carbons (Fsp3) is 0.348. The molecule has 2 aliphatic heterocycles. The Morgan fingerprint density at radius 2 is 2.03 bits per heavy atom. The van der Waals surface area contributed by atoms with Crippen LogP contribution in [0.1, 0.15) is 29.2 Å². The molecule has 0 saturated heterocycles. The summed E-state index contributed by atoms with van der Waals surface area (Å²) in [7, 11) is 2.12. The number of fused-ring (bicyclic) bond motifs is 2. The number of halogens is 1. The van der Waals surface area contributed by atoms with E-state index in [1.54, 1.807) is 6.07 Å². The van der Waals surface area contributed by atoms with Crippen molar-refractivity contribution in [1.29, 1.82) is 0 Å². The van der Waals surface area contributed by atoms with Gasteiger partial charge in [0.15, 0.2) is 0 Å². The Balaban J connectivity index is 1.49. The predicted octanol–water partition coefficient (Wildman–Crippen LogP) is 3.26. The van der Waals surface area contributed by atoms with Crippen molar-refractivity contribution in [2.24, 2.45) is 0 Å². The number of likely N-dealkylation sites (N-methyl/N-ethyl adjacent to an activating group) is 1. The number of hydrogen-bond donors (Lipinski definition) is 2. The minimum Gasteiger partial charge on any atom is -0.487 e. The fourth-order valence-electron chi connectivity index (χ4n) is 3.73. The largest absolute Gasteiger partial charge is 0.487 e. The van der Waals surface area contributed by atoms with Gasteiger partial charge in [-0.3, -0.25) is 4.79 Å². The topological polar surface area (TPSA) is 53.6 Å². The third kappa shape index (κ3) is 4.04. The second-order valence-corrected chi connectivity index (χ2v) is 7.52. The molecule has 2 aromatic rings. The highest BCUT2D eigenvalue weighted by atomic mass is 19.1. The molecule has 152 valence electrons. The first-order chi connectivity index (χ1) is 14.1. The first-order valence-electron chi connectivity index (χ1n) is 10.1. The molecule has 2 heterocycles. The summed E-state index contributed by atoms with van der Waals surface area (Å²) in [5.41, 5.74) is 4.79. The molecule has 0 atom stereocenters. The van der Waals surface area contributed by atoms with Crippen molar-refractivity contribution in [1.82, 2.24) is 10.2 Å². The van der Waals surface area contributed by atoms with E-state index in [0.717, 1.165) is 43.7 Å². The lowest BCUT2D eigenvalue weighted by Crippen LogP contribution is -2.30. The molecule has 0 aliphatic carbocycles. The minimum atomic E-state index is -0.371. The van der Waals surface area contributed by atoms with Gasteiger partial charge in [0.25, 0.3) is 5.91 Å². The Hall–Kier alpha value is -2.70. The number of ether oxygens (including phenoxy) is 1. The van der Waals surface area contributed by atoms with Crippen LogP contribution in [-0.2, 0) is 22.6 Å². The van der Waals surface area contributed by atoms with Gasteiger partial charge in [-0.1, -0.05) is 25.1 Å². The number of carbonyl (C=O) groups excluding carboxylic acids is 1. The van der Waals surface area contributed by atoms with Gasteiger partial charge in [0.05, 0.1) is 5.57 Å². The van der Waals surface area contributed by atoms with Crippen molar-refractivity contribution >= 4 is 22.9 Å². The summed E-state index contributed by atoms with van der Waals surface area (Å²) in [4.78, 5) is 14.8. The minimum absolute atomic E-state index is 0.251. The molecule has 0 unspecified atom stereocenters. The van der Waals surface area contributed by atoms with E-state index in [4.69, 9.17) is 4.74 Å². The maximum absolute atomic E-state index is 13.7. The number of nitrogens with zero attached hydrogens (tertiary/aromatic N) is 1. The van der Waals surface area contributed by atoms with Crippen LogP contribution in [0.3, 0.4) is 0 Å². The van der Waals surface area contributed by atoms with Crippen molar-refractivity contribution < 1.29 is 13.9 Å². The third-order valence-corrected chi connectivity index (χ3v) is 5.54. The molecule has 0 bridgehead atoms. The van der Waals surface area contributed by atoms with Crippen LogP contribution in [0.4, 0.5) is 10.1 Å². The average Bonchev–Trinajstić information content (AvgIpc) is 3.26. The van der Waals surface area contributed by atoms with Crippen LogP contribution in [0.25, 0.3) is 11.3 Å². The Morgan fingerprint density at radius 1 is 1.17 bits per heavy atom. The molecular formula is C23H26FN3O2. The molecule has 5 nitrogen and oxygen atoms in total. The zero-order valence-electron chi connectivity index (χ0n) is 16.8. The summed E-state index contributed by atoms with van der Waals surface area (Å²) in [5.74, 6) is -0.0857. The van der Waals surface area contributed by atoms with Gasteiger partial charge in [-0.05, 0) is 50.3 Å². The molecule has 0 aromatic heterocycles. The summed E-state index contributed by atoms with van der Waals surface area (Å²) >= 11 is 0. The van der Waals surface area contributed by atoms with Crippen LogP contribution >= 0.6 is 0 Å². The molecule has 2 aromatic carbocycles. The highest BCUT2D eigenvalue weighted by molar-refractivity contribution is 6.36. The Morgan fingerprint density at radius 3 is 2.86 bits per heavy atom. The van der Waals surface area contributed by atoms with Crippen molar-refractivity contribution in [3.05, 3.63) is 64.5 Å². The van der Waals surface area contributed by atoms with Gasteiger partial charge in [-0.15, -0.1) is 0 Å². The van der Waals surface area contributed by atoms with Gasteiger partial charge < -0.3 is 20.3 Å².